The van der Waals surface area contributed by atoms with Gasteiger partial charge in [-0.3, -0.25) is 4.79 Å². The van der Waals surface area contributed by atoms with Crippen molar-refractivity contribution in [1.82, 2.24) is 4.90 Å². The SMILES string of the molecule is CCCCN1C(=O)/C(=C\c2c(Cl)cccc2Cl)C(C(=O)OC)=C1C. The summed E-state index contributed by atoms with van der Waals surface area (Å²) >= 11 is 12.4. The van der Waals surface area contributed by atoms with Gasteiger partial charge in [0.2, 0.25) is 0 Å². The molecular weight excluding hydrogens is 349 g/mol. The first kappa shape index (κ1) is 18.6. The van der Waals surface area contributed by atoms with Crippen LogP contribution in [-0.4, -0.2) is 30.4 Å². The second kappa shape index (κ2) is 7.86. The van der Waals surface area contributed by atoms with Gasteiger partial charge < -0.3 is 9.64 Å². The van der Waals surface area contributed by atoms with E-state index in [0.717, 1.165) is 12.8 Å². The lowest BCUT2D eigenvalue weighted by Crippen LogP contribution is -2.26. The molecule has 0 aromatic heterocycles. The van der Waals surface area contributed by atoms with E-state index in [4.69, 9.17) is 27.9 Å². The molecule has 2 rings (SSSR count). The van der Waals surface area contributed by atoms with Gasteiger partial charge in [0.05, 0.1) is 18.3 Å². The molecule has 0 radical (unpaired) electrons. The van der Waals surface area contributed by atoms with Crippen molar-refractivity contribution in [3.8, 4) is 0 Å². The number of allylic oxidation sites excluding steroid dienone is 1. The van der Waals surface area contributed by atoms with Crippen LogP contribution in [0.15, 0.2) is 35.0 Å². The summed E-state index contributed by atoms with van der Waals surface area (Å²) in [5, 5.41) is 0.827. The number of ether oxygens (including phenoxy) is 1. The van der Waals surface area contributed by atoms with Gasteiger partial charge in [-0.15, -0.1) is 0 Å². The second-order valence-corrected chi connectivity index (χ2v) is 6.27. The molecule has 0 N–H and O–H groups in total. The molecule has 4 nitrogen and oxygen atoms in total. The summed E-state index contributed by atoms with van der Waals surface area (Å²) in [6.45, 7) is 4.34. The first-order valence-corrected chi connectivity index (χ1v) is 8.45. The minimum atomic E-state index is -0.547. The molecule has 0 spiro atoms. The van der Waals surface area contributed by atoms with Gasteiger partial charge in [0.25, 0.3) is 5.91 Å². The van der Waals surface area contributed by atoms with Crippen LogP contribution in [0.4, 0.5) is 0 Å². The average molecular weight is 368 g/mol. The lowest BCUT2D eigenvalue weighted by Gasteiger charge is -2.17. The number of carbonyl (C=O) groups is 2. The number of amides is 1. The molecule has 0 aliphatic carbocycles. The van der Waals surface area contributed by atoms with Crippen LogP contribution < -0.4 is 0 Å². The monoisotopic (exact) mass is 367 g/mol. The minimum Gasteiger partial charge on any atom is -0.465 e. The normalized spacial score (nSPS) is 16.3. The molecule has 1 aromatic carbocycles. The Morgan fingerprint density at radius 2 is 1.92 bits per heavy atom. The van der Waals surface area contributed by atoms with E-state index in [-0.39, 0.29) is 17.1 Å². The van der Waals surface area contributed by atoms with Gasteiger partial charge in [-0.25, -0.2) is 4.79 Å². The van der Waals surface area contributed by atoms with E-state index in [0.29, 0.717) is 27.9 Å². The van der Waals surface area contributed by atoms with Crippen molar-refractivity contribution >= 4 is 41.2 Å². The Morgan fingerprint density at radius 1 is 1.29 bits per heavy atom. The summed E-state index contributed by atoms with van der Waals surface area (Å²) in [6.07, 6.45) is 3.35. The van der Waals surface area contributed by atoms with Crippen LogP contribution in [-0.2, 0) is 14.3 Å². The van der Waals surface area contributed by atoms with E-state index >= 15 is 0 Å². The van der Waals surface area contributed by atoms with Crippen molar-refractivity contribution in [2.75, 3.05) is 13.7 Å². The molecule has 0 atom stereocenters. The average Bonchev–Trinajstić information content (AvgIpc) is 2.79. The third kappa shape index (κ3) is 3.50. The summed E-state index contributed by atoms with van der Waals surface area (Å²) in [6, 6.07) is 5.09. The standard InChI is InChI=1S/C18H19Cl2NO3/c1-4-5-9-21-11(2)16(18(23)24-3)13(17(21)22)10-12-14(19)7-6-8-15(12)20/h6-8,10H,4-5,9H2,1-3H3/b13-10-. The van der Waals surface area contributed by atoms with Crippen LogP contribution in [0.25, 0.3) is 6.08 Å². The molecule has 1 heterocycles. The molecule has 0 fully saturated rings. The predicted octanol–water partition coefficient (Wildman–Crippen LogP) is 4.47. The van der Waals surface area contributed by atoms with Crippen LogP contribution in [0, 0.1) is 0 Å². The molecule has 1 aliphatic heterocycles. The molecule has 24 heavy (non-hydrogen) atoms. The van der Waals surface area contributed by atoms with Gasteiger partial charge in [0.1, 0.15) is 0 Å². The van der Waals surface area contributed by atoms with Crippen molar-refractivity contribution in [2.45, 2.75) is 26.7 Å². The van der Waals surface area contributed by atoms with E-state index in [1.807, 2.05) is 6.92 Å². The third-order valence-electron chi connectivity index (χ3n) is 3.92. The lowest BCUT2D eigenvalue weighted by molar-refractivity contribution is -0.136. The number of unbranched alkanes of at least 4 members (excludes halogenated alkanes) is 1. The highest BCUT2D eigenvalue weighted by Gasteiger charge is 2.36. The maximum absolute atomic E-state index is 12.8. The Kier molecular flexibility index (Phi) is 6.08. The van der Waals surface area contributed by atoms with Crippen LogP contribution in [0.1, 0.15) is 32.3 Å². The molecule has 0 saturated heterocycles. The number of benzene rings is 1. The zero-order valence-corrected chi connectivity index (χ0v) is 15.4. The summed E-state index contributed by atoms with van der Waals surface area (Å²) in [4.78, 5) is 26.6. The summed E-state index contributed by atoms with van der Waals surface area (Å²) in [5.74, 6) is -0.786. The summed E-state index contributed by atoms with van der Waals surface area (Å²) in [7, 11) is 1.29. The van der Waals surface area contributed by atoms with Crippen LogP contribution in [0.2, 0.25) is 10.0 Å². The largest absolute Gasteiger partial charge is 0.465 e. The van der Waals surface area contributed by atoms with Crippen molar-refractivity contribution in [2.24, 2.45) is 0 Å². The molecule has 1 aromatic rings. The molecule has 0 bridgehead atoms. The maximum Gasteiger partial charge on any atom is 0.340 e. The van der Waals surface area contributed by atoms with Crippen molar-refractivity contribution in [3.05, 3.63) is 50.7 Å². The highest BCUT2D eigenvalue weighted by Crippen LogP contribution is 2.34. The second-order valence-electron chi connectivity index (χ2n) is 5.46. The first-order valence-electron chi connectivity index (χ1n) is 7.69. The van der Waals surface area contributed by atoms with E-state index in [1.54, 1.807) is 36.1 Å². The molecule has 1 amide bonds. The number of rotatable bonds is 5. The van der Waals surface area contributed by atoms with E-state index in [1.165, 1.54) is 7.11 Å². The molecule has 1 aliphatic rings. The summed E-state index contributed by atoms with van der Waals surface area (Å²) in [5.41, 5.74) is 1.62. The van der Waals surface area contributed by atoms with Gasteiger partial charge in [0, 0.05) is 27.9 Å². The molecule has 6 heteroatoms. The minimum absolute atomic E-state index is 0.239. The highest BCUT2D eigenvalue weighted by atomic mass is 35.5. The zero-order chi connectivity index (χ0) is 17.9. The van der Waals surface area contributed by atoms with Crippen LogP contribution in [0.3, 0.4) is 0 Å². The molecule has 0 saturated carbocycles. The number of hydrogen-bond acceptors (Lipinski definition) is 3. The topological polar surface area (TPSA) is 46.6 Å². The Hall–Kier alpha value is -1.78. The van der Waals surface area contributed by atoms with E-state index < -0.39 is 5.97 Å². The highest BCUT2D eigenvalue weighted by molar-refractivity contribution is 6.37. The number of hydrogen-bond donors (Lipinski definition) is 0. The predicted molar refractivity (Wildman–Crippen MR) is 95.8 cm³/mol. The van der Waals surface area contributed by atoms with Crippen LogP contribution >= 0.6 is 23.2 Å². The zero-order valence-electron chi connectivity index (χ0n) is 13.9. The van der Waals surface area contributed by atoms with Gasteiger partial charge in [0.15, 0.2) is 0 Å². The Balaban J connectivity index is 2.56. The fourth-order valence-electron chi connectivity index (χ4n) is 2.61. The van der Waals surface area contributed by atoms with Gasteiger partial charge in [-0.2, -0.15) is 0 Å². The van der Waals surface area contributed by atoms with E-state index in [9.17, 15) is 9.59 Å². The third-order valence-corrected chi connectivity index (χ3v) is 4.58. The van der Waals surface area contributed by atoms with E-state index in [2.05, 4.69) is 0 Å². The quantitative estimate of drug-likeness (QED) is 0.569. The maximum atomic E-state index is 12.8. The molecule has 0 unspecified atom stereocenters. The molecule has 128 valence electrons. The summed E-state index contributed by atoms with van der Waals surface area (Å²) < 4.78 is 4.85. The Labute approximate surface area is 151 Å². The number of methoxy groups -OCH3 is 1. The van der Waals surface area contributed by atoms with Crippen molar-refractivity contribution in [3.63, 3.8) is 0 Å². The van der Waals surface area contributed by atoms with Crippen LogP contribution in [0.5, 0.6) is 0 Å². The van der Waals surface area contributed by atoms with Gasteiger partial charge in [-0.1, -0.05) is 42.6 Å². The molecular formula is C18H19Cl2NO3. The number of halogens is 2. The fourth-order valence-corrected chi connectivity index (χ4v) is 3.11. The van der Waals surface area contributed by atoms with Gasteiger partial charge in [-0.05, 0) is 31.6 Å². The number of carbonyl (C=O) groups excluding carboxylic acids is 2. The van der Waals surface area contributed by atoms with Crippen molar-refractivity contribution < 1.29 is 14.3 Å². The number of esters is 1. The van der Waals surface area contributed by atoms with Gasteiger partial charge >= 0.3 is 5.97 Å². The first-order chi connectivity index (χ1) is 11.4. The smallest absolute Gasteiger partial charge is 0.340 e. The Bertz CT molecular complexity index is 718. The number of nitrogens with zero attached hydrogens (tertiary/aromatic N) is 1. The lowest BCUT2D eigenvalue weighted by atomic mass is 10.0. The Morgan fingerprint density at radius 3 is 2.46 bits per heavy atom. The fraction of sp³-hybridized carbons (Fsp3) is 0.333. The van der Waals surface area contributed by atoms with Crippen molar-refractivity contribution in [1.29, 1.82) is 0 Å².